The van der Waals surface area contributed by atoms with Gasteiger partial charge < -0.3 is 9.72 Å². The maximum absolute atomic E-state index is 12.7. The van der Waals surface area contributed by atoms with Crippen molar-refractivity contribution in [1.29, 1.82) is 0 Å². The molecule has 0 aliphatic rings. The molecule has 0 saturated carbocycles. The maximum atomic E-state index is 12.7. The normalized spacial score (nSPS) is 11.0. The van der Waals surface area contributed by atoms with Crippen LogP contribution in [0.4, 0.5) is 0 Å². The molecule has 0 atom stereocenters. The zero-order valence-corrected chi connectivity index (χ0v) is 13.3. The second-order valence-electron chi connectivity index (χ2n) is 4.58. The van der Waals surface area contributed by atoms with Gasteiger partial charge in [0.05, 0.1) is 18.2 Å². The minimum atomic E-state index is -0.0991. The lowest BCUT2D eigenvalue weighted by Crippen LogP contribution is -2.19. The van der Waals surface area contributed by atoms with Crippen LogP contribution in [0.15, 0.2) is 35.1 Å². The quantitative estimate of drug-likeness (QED) is 0.749. The first-order valence-electron chi connectivity index (χ1n) is 6.56. The molecule has 0 aliphatic carbocycles. The summed E-state index contributed by atoms with van der Waals surface area (Å²) in [7, 11) is 1.60. The van der Waals surface area contributed by atoms with E-state index < -0.39 is 0 Å². The fourth-order valence-electron chi connectivity index (χ4n) is 2.22. The van der Waals surface area contributed by atoms with E-state index in [4.69, 9.17) is 17.0 Å². The summed E-state index contributed by atoms with van der Waals surface area (Å²) in [4.78, 5) is 17.9. The summed E-state index contributed by atoms with van der Waals surface area (Å²) in [6.07, 6.45) is 0.901. The SMILES string of the molecule is CCc1cc2c(=O)n(-c3cccc(OC)c3)c(=S)[nH]c2s1. The number of nitrogens with one attached hydrogen (secondary N) is 1. The van der Waals surface area contributed by atoms with Crippen LogP contribution in [-0.2, 0) is 6.42 Å². The van der Waals surface area contributed by atoms with Crippen LogP contribution in [0.5, 0.6) is 5.75 Å². The van der Waals surface area contributed by atoms with Crippen molar-refractivity contribution in [2.24, 2.45) is 0 Å². The molecule has 2 heterocycles. The van der Waals surface area contributed by atoms with Gasteiger partial charge in [0.2, 0.25) is 0 Å². The summed E-state index contributed by atoms with van der Waals surface area (Å²) >= 11 is 6.92. The smallest absolute Gasteiger partial charge is 0.267 e. The molecule has 0 fully saturated rings. The van der Waals surface area contributed by atoms with E-state index in [9.17, 15) is 4.79 Å². The summed E-state index contributed by atoms with van der Waals surface area (Å²) < 4.78 is 7.11. The van der Waals surface area contributed by atoms with Gasteiger partial charge >= 0.3 is 0 Å². The minimum absolute atomic E-state index is 0.0991. The Morgan fingerprint density at radius 1 is 1.38 bits per heavy atom. The molecule has 0 bridgehead atoms. The van der Waals surface area contributed by atoms with Gasteiger partial charge in [-0.15, -0.1) is 11.3 Å². The molecule has 2 aromatic heterocycles. The van der Waals surface area contributed by atoms with Crippen molar-refractivity contribution < 1.29 is 4.74 Å². The van der Waals surface area contributed by atoms with Crippen molar-refractivity contribution in [1.82, 2.24) is 9.55 Å². The summed E-state index contributed by atoms with van der Waals surface area (Å²) in [6.45, 7) is 2.07. The zero-order chi connectivity index (χ0) is 15.0. The molecular weight excluding hydrogens is 304 g/mol. The van der Waals surface area contributed by atoms with Gasteiger partial charge in [0.25, 0.3) is 5.56 Å². The van der Waals surface area contributed by atoms with Gasteiger partial charge in [-0.05, 0) is 36.8 Å². The topological polar surface area (TPSA) is 47.0 Å². The molecule has 4 nitrogen and oxygen atoms in total. The van der Waals surface area contributed by atoms with Gasteiger partial charge in [0.1, 0.15) is 10.6 Å². The first-order valence-corrected chi connectivity index (χ1v) is 7.78. The van der Waals surface area contributed by atoms with Crippen LogP contribution in [0.2, 0.25) is 0 Å². The van der Waals surface area contributed by atoms with E-state index in [2.05, 4.69) is 11.9 Å². The summed E-state index contributed by atoms with van der Waals surface area (Å²) in [5.74, 6) is 0.688. The number of aromatic nitrogens is 2. The Balaban J connectivity index is 2.31. The molecule has 3 rings (SSSR count). The molecule has 0 amide bonds. The maximum Gasteiger partial charge on any atom is 0.267 e. The lowest BCUT2D eigenvalue weighted by molar-refractivity contribution is 0.414. The van der Waals surface area contributed by atoms with Gasteiger partial charge in [-0.3, -0.25) is 9.36 Å². The van der Waals surface area contributed by atoms with E-state index >= 15 is 0 Å². The lowest BCUT2D eigenvalue weighted by Gasteiger charge is -2.08. The van der Waals surface area contributed by atoms with Gasteiger partial charge in [0, 0.05) is 10.9 Å². The number of nitrogens with zero attached hydrogens (tertiary/aromatic N) is 1. The van der Waals surface area contributed by atoms with E-state index in [1.165, 1.54) is 4.57 Å². The first-order chi connectivity index (χ1) is 10.1. The Labute approximate surface area is 130 Å². The Morgan fingerprint density at radius 3 is 2.90 bits per heavy atom. The van der Waals surface area contributed by atoms with Crippen molar-refractivity contribution in [3.63, 3.8) is 0 Å². The monoisotopic (exact) mass is 318 g/mol. The first kappa shape index (κ1) is 14.0. The van der Waals surface area contributed by atoms with Crippen molar-refractivity contribution in [2.45, 2.75) is 13.3 Å². The largest absolute Gasteiger partial charge is 0.497 e. The zero-order valence-electron chi connectivity index (χ0n) is 11.7. The molecule has 0 saturated heterocycles. The Hall–Kier alpha value is -1.92. The average Bonchev–Trinajstić information content (AvgIpc) is 2.91. The third-order valence-electron chi connectivity index (χ3n) is 3.30. The third kappa shape index (κ3) is 2.41. The van der Waals surface area contributed by atoms with Gasteiger partial charge in [-0.1, -0.05) is 13.0 Å². The molecule has 0 unspecified atom stereocenters. The van der Waals surface area contributed by atoms with Crippen molar-refractivity contribution in [3.05, 3.63) is 50.3 Å². The third-order valence-corrected chi connectivity index (χ3v) is 4.78. The van der Waals surface area contributed by atoms with E-state index in [0.717, 1.165) is 16.1 Å². The molecule has 0 radical (unpaired) electrons. The number of ether oxygens (including phenoxy) is 1. The van der Waals surface area contributed by atoms with Crippen LogP contribution in [-0.4, -0.2) is 16.7 Å². The molecule has 3 aromatic rings. The second kappa shape index (κ2) is 5.46. The molecule has 1 aromatic carbocycles. The van der Waals surface area contributed by atoms with E-state index in [-0.39, 0.29) is 5.56 Å². The standard InChI is InChI=1S/C15H14N2O2S2/c1-3-11-8-12-13(21-11)16-15(20)17(14(12)18)9-5-4-6-10(7-9)19-2/h4-8H,3H2,1-2H3,(H,16,20). The molecule has 0 spiro atoms. The second-order valence-corrected chi connectivity index (χ2v) is 6.10. The predicted molar refractivity (Wildman–Crippen MR) is 88.5 cm³/mol. The number of aromatic amines is 1. The van der Waals surface area contributed by atoms with Gasteiger partial charge in [-0.25, -0.2) is 0 Å². The minimum Gasteiger partial charge on any atom is -0.497 e. The molecular formula is C15H14N2O2S2. The molecule has 6 heteroatoms. The number of benzene rings is 1. The van der Waals surface area contributed by atoms with Crippen LogP contribution in [0.25, 0.3) is 15.9 Å². The number of H-pyrrole nitrogens is 1. The van der Waals surface area contributed by atoms with Crippen LogP contribution in [0, 0.1) is 4.77 Å². The van der Waals surface area contributed by atoms with Gasteiger partial charge in [-0.2, -0.15) is 0 Å². The highest BCUT2D eigenvalue weighted by molar-refractivity contribution is 7.71. The fraction of sp³-hybridized carbons (Fsp3) is 0.200. The highest BCUT2D eigenvalue weighted by Gasteiger charge is 2.11. The number of methoxy groups -OCH3 is 1. The molecule has 108 valence electrons. The number of rotatable bonds is 3. The number of hydrogen-bond donors (Lipinski definition) is 1. The van der Waals surface area contributed by atoms with Crippen LogP contribution >= 0.6 is 23.6 Å². The van der Waals surface area contributed by atoms with Crippen LogP contribution in [0.1, 0.15) is 11.8 Å². The number of thiophene rings is 1. The van der Waals surface area contributed by atoms with Crippen LogP contribution in [0.3, 0.4) is 0 Å². The lowest BCUT2D eigenvalue weighted by atomic mass is 10.3. The Kier molecular flexibility index (Phi) is 3.65. The van der Waals surface area contributed by atoms with Crippen molar-refractivity contribution in [2.75, 3.05) is 7.11 Å². The number of fused-ring (bicyclic) bond motifs is 1. The van der Waals surface area contributed by atoms with Crippen LogP contribution < -0.4 is 10.3 Å². The summed E-state index contributed by atoms with van der Waals surface area (Å²) in [5, 5.41) is 0.674. The van der Waals surface area contributed by atoms with E-state index in [1.807, 2.05) is 24.3 Å². The molecule has 0 aliphatic heterocycles. The highest BCUT2D eigenvalue weighted by Crippen LogP contribution is 2.23. The van der Waals surface area contributed by atoms with Gasteiger partial charge in [0.15, 0.2) is 4.77 Å². The number of hydrogen-bond acceptors (Lipinski definition) is 4. The highest BCUT2D eigenvalue weighted by atomic mass is 32.1. The fourth-order valence-corrected chi connectivity index (χ4v) is 3.56. The molecule has 1 N–H and O–H groups in total. The summed E-state index contributed by atoms with van der Waals surface area (Å²) in [5.41, 5.74) is 0.602. The van der Waals surface area contributed by atoms with Crippen molar-refractivity contribution >= 4 is 33.8 Å². The molecule has 21 heavy (non-hydrogen) atoms. The Bertz CT molecular complexity index is 921. The number of aryl methyl sites for hydroxylation is 1. The average molecular weight is 318 g/mol. The summed E-state index contributed by atoms with van der Waals surface area (Å²) in [6, 6.07) is 9.24. The van der Waals surface area contributed by atoms with E-state index in [0.29, 0.717) is 21.6 Å². The predicted octanol–water partition coefficient (Wildman–Crippen LogP) is 3.68. The Morgan fingerprint density at radius 2 is 2.19 bits per heavy atom. The van der Waals surface area contributed by atoms with E-state index in [1.54, 1.807) is 24.5 Å². The van der Waals surface area contributed by atoms with Crippen molar-refractivity contribution in [3.8, 4) is 11.4 Å².